The highest BCUT2D eigenvalue weighted by molar-refractivity contribution is 6.52. The Morgan fingerprint density at radius 3 is 2.16 bits per heavy atom. The van der Waals surface area contributed by atoms with Crippen molar-refractivity contribution < 1.29 is 19.3 Å². The maximum Gasteiger partial charge on any atom is 0.335 e. The molecule has 164 valence electrons. The first-order chi connectivity index (χ1) is 15.4. The van der Waals surface area contributed by atoms with Gasteiger partial charge in [0.05, 0.1) is 4.92 Å². The van der Waals surface area contributed by atoms with E-state index in [4.69, 9.17) is 4.84 Å². The van der Waals surface area contributed by atoms with Crippen LogP contribution in [0.3, 0.4) is 0 Å². The highest BCUT2D eigenvalue weighted by atomic mass is 16.7. The van der Waals surface area contributed by atoms with E-state index in [1.807, 2.05) is 6.92 Å². The number of nitrogens with zero attached hydrogens (tertiary/aromatic N) is 2. The SMILES string of the molecule is C=C/C=C(C=C)/C(=N/OC(=O)CCCC)C(=O)c1ccc(-c2ccc([N+](=O)[O-])cc2)cc1. The zero-order valence-electron chi connectivity index (χ0n) is 17.8. The number of carbonyl (C=O) groups is 2. The molecule has 0 saturated heterocycles. The Morgan fingerprint density at radius 1 is 1.06 bits per heavy atom. The summed E-state index contributed by atoms with van der Waals surface area (Å²) < 4.78 is 0. The summed E-state index contributed by atoms with van der Waals surface area (Å²) in [6.45, 7) is 9.26. The van der Waals surface area contributed by atoms with Crippen molar-refractivity contribution in [3.63, 3.8) is 0 Å². The number of nitro groups is 1. The number of Topliss-reactive ketones (excluding diaryl/α,β-unsaturated/α-hetero) is 1. The highest BCUT2D eigenvalue weighted by Gasteiger charge is 2.19. The number of oxime groups is 1. The van der Waals surface area contributed by atoms with E-state index >= 15 is 0 Å². The average Bonchev–Trinajstić information content (AvgIpc) is 2.82. The van der Waals surface area contributed by atoms with Gasteiger partial charge in [-0.15, -0.1) is 0 Å². The summed E-state index contributed by atoms with van der Waals surface area (Å²) in [5.74, 6) is -0.968. The first-order valence-electron chi connectivity index (χ1n) is 10.0. The summed E-state index contributed by atoms with van der Waals surface area (Å²) in [4.78, 5) is 40.3. The third kappa shape index (κ3) is 6.43. The van der Waals surface area contributed by atoms with Crippen molar-refractivity contribution in [1.82, 2.24) is 0 Å². The molecule has 0 amide bonds. The predicted octanol–water partition coefficient (Wildman–Crippen LogP) is 5.83. The second-order valence-corrected chi connectivity index (χ2v) is 6.78. The van der Waals surface area contributed by atoms with Crippen LogP contribution in [0.5, 0.6) is 0 Å². The number of nitro benzene ring substituents is 1. The minimum atomic E-state index is -0.521. The molecule has 32 heavy (non-hydrogen) atoms. The van der Waals surface area contributed by atoms with Gasteiger partial charge in [-0.2, -0.15) is 0 Å². The molecular formula is C25H24N2O5. The van der Waals surface area contributed by atoms with Gasteiger partial charge in [0.2, 0.25) is 5.78 Å². The molecule has 7 heteroatoms. The van der Waals surface area contributed by atoms with Crippen LogP contribution in [0.15, 0.2) is 90.6 Å². The Hall–Kier alpha value is -4.13. The number of non-ortho nitro benzene ring substituents is 1. The van der Waals surface area contributed by atoms with Crippen LogP contribution in [-0.2, 0) is 9.63 Å². The predicted molar refractivity (Wildman–Crippen MR) is 124 cm³/mol. The summed E-state index contributed by atoms with van der Waals surface area (Å²) in [7, 11) is 0. The molecule has 0 heterocycles. The summed E-state index contributed by atoms with van der Waals surface area (Å²) in [6.07, 6.45) is 6.17. The topological polar surface area (TPSA) is 98.9 Å². The quantitative estimate of drug-likeness (QED) is 0.111. The first kappa shape index (κ1) is 24.1. The van der Waals surface area contributed by atoms with Crippen molar-refractivity contribution in [2.24, 2.45) is 5.16 Å². The zero-order valence-corrected chi connectivity index (χ0v) is 17.8. The molecule has 0 aromatic heterocycles. The van der Waals surface area contributed by atoms with Crippen LogP contribution in [0, 0.1) is 10.1 Å². The molecule has 0 N–H and O–H groups in total. The number of ketones is 1. The van der Waals surface area contributed by atoms with E-state index in [0.717, 1.165) is 17.5 Å². The lowest BCUT2D eigenvalue weighted by Crippen LogP contribution is -2.18. The smallest absolute Gasteiger partial charge is 0.318 e. The van der Waals surface area contributed by atoms with Crippen molar-refractivity contribution in [2.45, 2.75) is 26.2 Å². The molecule has 0 aliphatic carbocycles. The maximum absolute atomic E-state index is 13.1. The number of benzene rings is 2. The van der Waals surface area contributed by atoms with Crippen LogP contribution in [0.2, 0.25) is 0 Å². The normalized spacial score (nSPS) is 11.5. The number of unbranched alkanes of at least 4 members (excludes halogenated alkanes) is 1. The van der Waals surface area contributed by atoms with E-state index < -0.39 is 16.7 Å². The van der Waals surface area contributed by atoms with Crippen LogP contribution in [0.25, 0.3) is 11.1 Å². The standard InChI is InChI=1S/C25H24N2O5/c1-4-7-9-23(28)32-26-24(18(6-3)8-5-2)25(29)21-12-10-19(11-13-21)20-14-16-22(17-15-20)27(30)31/h5-6,8,10-17H,2-4,7,9H2,1H3/b18-8+,26-24-. The Balaban J connectivity index is 2.31. The molecule has 2 rings (SSSR count). The largest absolute Gasteiger partial charge is 0.335 e. The van der Waals surface area contributed by atoms with E-state index in [0.29, 0.717) is 17.6 Å². The van der Waals surface area contributed by atoms with Gasteiger partial charge in [0.25, 0.3) is 5.69 Å². The maximum atomic E-state index is 13.1. The lowest BCUT2D eigenvalue weighted by Gasteiger charge is -2.08. The fraction of sp³-hybridized carbons (Fsp3) is 0.160. The fourth-order valence-corrected chi connectivity index (χ4v) is 2.79. The van der Waals surface area contributed by atoms with E-state index in [1.54, 1.807) is 42.5 Å². The second-order valence-electron chi connectivity index (χ2n) is 6.78. The van der Waals surface area contributed by atoms with Crippen LogP contribution < -0.4 is 0 Å². The van der Waals surface area contributed by atoms with Crippen LogP contribution in [-0.4, -0.2) is 22.4 Å². The second kappa shape index (κ2) is 11.9. The Bertz CT molecular complexity index is 1060. The van der Waals surface area contributed by atoms with Crippen LogP contribution >= 0.6 is 0 Å². The number of allylic oxidation sites excluding steroid dienone is 4. The van der Waals surface area contributed by atoms with E-state index in [9.17, 15) is 19.7 Å². The van der Waals surface area contributed by atoms with Crippen molar-refractivity contribution >= 4 is 23.2 Å². The summed E-state index contributed by atoms with van der Waals surface area (Å²) in [5, 5.41) is 14.6. The lowest BCUT2D eigenvalue weighted by molar-refractivity contribution is -0.384. The summed E-state index contributed by atoms with van der Waals surface area (Å²) in [5.41, 5.74) is 2.19. The average molecular weight is 432 g/mol. The number of hydrogen-bond acceptors (Lipinski definition) is 6. The molecule has 7 nitrogen and oxygen atoms in total. The number of carbonyl (C=O) groups excluding carboxylic acids is 2. The van der Waals surface area contributed by atoms with Gasteiger partial charge in [0.15, 0.2) is 5.71 Å². The van der Waals surface area contributed by atoms with E-state index in [1.165, 1.54) is 24.3 Å². The van der Waals surface area contributed by atoms with Crippen molar-refractivity contribution in [3.05, 3.63) is 101 Å². The molecule has 0 radical (unpaired) electrons. The van der Waals surface area contributed by atoms with Crippen molar-refractivity contribution in [3.8, 4) is 11.1 Å². The lowest BCUT2D eigenvalue weighted by atomic mass is 9.97. The van der Waals surface area contributed by atoms with Gasteiger partial charge in [0.1, 0.15) is 0 Å². The molecule has 2 aromatic rings. The molecule has 0 saturated carbocycles. The van der Waals surface area contributed by atoms with Crippen molar-refractivity contribution in [2.75, 3.05) is 0 Å². The Kier molecular flexibility index (Phi) is 8.98. The molecule has 0 aliphatic heterocycles. The molecule has 2 aromatic carbocycles. The molecule has 0 spiro atoms. The third-order valence-electron chi connectivity index (χ3n) is 4.54. The van der Waals surface area contributed by atoms with E-state index in [2.05, 4.69) is 18.3 Å². The fourth-order valence-electron chi connectivity index (χ4n) is 2.79. The number of hydrogen-bond donors (Lipinski definition) is 0. The third-order valence-corrected chi connectivity index (χ3v) is 4.54. The molecule has 0 fully saturated rings. The van der Waals surface area contributed by atoms with Gasteiger partial charge in [-0.05, 0) is 29.7 Å². The van der Waals surface area contributed by atoms with Crippen LogP contribution in [0.1, 0.15) is 36.5 Å². The van der Waals surface area contributed by atoms with Gasteiger partial charge in [-0.3, -0.25) is 14.9 Å². The molecular weight excluding hydrogens is 408 g/mol. The summed E-state index contributed by atoms with van der Waals surface area (Å²) in [6, 6.07) is 12.8. The monoisotopic (exact) mass is 432 g/mol. The first-order valence-corrected chi connectivity index (χ1v) is 10.0. The van der Waals surface area contributed by atoms with Gasteiger partial charge < -0.3 is 4.84 Å². The van der Waals surface area contributed by atoms with Crippen LogP contribution in [0.4, 0.5) is 5.69 Å². The van der Waals surface area contributed by atoms with Gasteiger partial charge >= 0.3 is 5.97 Å². The minimum Gasteiger partial charge on any atom is -0.318 e. The van der Waals surface area contributed by atoms with E-state index in [-0.39, 0.29) is 17.8 Å². The van der Waals surface area contributed by atoms with Crippen molar-refractivity contribution in [1.29, 1.82) is 0 Å². The highest BCUT2D eigenvalue weighted by Crippen LogP contribution is 2.23. The van der Waals surface area contributed by atoms with Gasteiger partial charge in [-0.1, -0.05) is 74.2 Å². The summed E-state index contributed by atoms with van der Waals surface area (Å²) >= 11 is 0. The molecule has 0 aliphatic rings. The van der Waals surface area contributed by atoms with Gasteiger partial charge in [0, 0.05) is 29.7 Å². The van der Waals surface area contributed by atoms with Gasteiger partial charge in [-0.25, -0.2) is 4.79 Å². The molecule has 0 unspecified atom stereocenters. The zero-order chi connectivity index (χ0) is 23.5. The Morgan fingerprint density at radius 2 is 1.66 bits per heavy atom. The minimum absolute atomic E-state index is 0.000783. The molecule has 0 bridgehead atoms. The molecule has 0 atom stereocenters. The number of rotatable bonds is 11. The Labute approximate surface area is 186 Å².